The maximum atomic E-state index is 12.4. The molecular weight excluding hydrogens is 360 g/mol. The van der Waals surface area contributed by atoms with E-state index in [1.165, 1.54) is 0 Å². The number of rotatable bonds is 5. The van der Waals surface area contributed by atoms with Crippen molar-refractivity contribution in [1.82, 2.24) is 15.0 Å². The first kappa shape index (κ1) is 18.0. The van der Waals surface area contributed by atoms with E-state index in [4.69, 9.17) is 0 Å². The van der Waals surface area contributed by atoms with Gasteiger partial charge < -0.3 is 15.4 Å². The van der Waals surface area contributed by atoms with Gasteiger partial charge in [0.1, 0.15) is 5.82 Å². The van der Waals surface area contributed by atoms with Gasteiger partial charge in [-0.3, -0.25) is 9.78 Å². The van der Waals surface area contributed by atoms with E-state index in [9.17, 15) is 9.90 Å². The van der Waals surface area contributed by atoms with Crippen LogP contribution in [0.2, 0.25) is 0 Å². The summed E-state index contributed by atoms with van der Waals surface area (Å²) in [5.41, 5.74) is 2.33. The first-order chi connectivity index (χ1) is 13.2. The fourth-order valence-electron chi connectivity index (χ4n) is 3.35. The molecule has 7 heteroatoms. The Hall–Kier alpha value is -2.38. The molecule has 6 nitrogen and oxygen atoms in total. The van der Waals surface area contributed by atoms with Crippen molar-refractivity contribution < 1.29 is 5.11 Å². The predicted molar refractivity (Wildman–Crippen MR) is 109 cm³/mol. The molecule has 0 spiro atoms. The zero-order valence-corrected chi connectivity index (χ0v) is 15.7. The molecule has 2 heterocycles. The molecule has 3 aromatic rings. The van der Waals surface area contributed by atoms with E-state index in [0.29, 0.717) is 27.7 Å². The molecule has 0 unspecified atom stereocenters. The van der Waals surface area contributed by atoms with Gasteiger partial charge in [-0.1, -0.05) is 0 Å². The van der Waals surface area contributed by atoms with Crippen molar-refractivity contribution in [1.29, 1.82) is 0 Å². The average molecular weight is 382 g/mol. The summed E-state index contributed by atoms with van der Waals surface area (Å²) in [4.78, 5) is 24.0. The van der Waals surface area contributed by atoms with Crippen LogP contribution in [0.25, 0.3) is 10.9 Å². The average Bonchev–Trinajstić information content (AvgIpc) is 2.68. The van der Waals surface area contributed by atoms with E-state index < -0.39 is 0 Å². The molecular formula is C20H22N4O2S. The van der Waals surface area contributed by atoms with Gasteiger partial charge in [0, 0.05) is 17.1 Å². The fourth-order valence-corrected chi connectivity index (χ4v) is 4.48. The number of hydrogen-bond donors (Lipinski definition) is 3. The molecule has 1 aromatic carbocycles. The molecule has 1 aliphatic rings. The first-order valence-electron chi connectivity index (χ1n) is 9.17. The lowest BCUT2D eigenvalue weighted by atomic mass is 9.97. The molecule has 0 saturated heterocycles. The number of aromatic amines is 1. The number of anilines is 2. The Balaban J connectivity index is 1.51. The van der Waals surface area contributed by atoms with Crippen molar-refractivity contribution >= 4 is 34.0 Å². The second-order valence-electron chi connectivity index (χ2n) is 6.85. The standard InChI is InChI=1S/C20H22N4O2S/c25-15-4-6-16(7-5-15)27-12-19-23-18-10-13(3-8-17(18)20(26)24-19)22-14-2-1-9-21-11-14/h1-3,8-11,15-16,22,25H,4-7,12H2,(H,23,24,26)/t15-,16+. The summed E-state index contributed by atoms with van der Waals surface area (Å²) < 4.78 is 0. The molecule has 0 amide bonds. The van der Waals surface area contributed by atoms with E-state index in [0.717, 1.165) is 37.1 Å². The monoisotopic (exact) mass is 382 g/mol. The third kappa shape index (κ3) is 4.48. The molecule has 0 atom stereocenters. The summed E-state index contributed by atoms with van der Waals surface area (Å²) in [5.74, 6) is 1.37. The van der Waals surface area contributed by atoms with E-state index >= 15 is 0 Å². The fraction of sp³-hybridized carbons (Fsp3) is 0.350. The van der Waals surface area contributed by atoms with Crippen LogP contribution < -0.4 is 10.9 Å². The Morgan fingerprint density at radius 1 is 1.19 bits per heavy atom. The Labute approximate surface area is 161 Å². The van der Waals surface area contributed by atoms with Crippen molar-refractivity contribution in [3.05, 3.63) is 58.9 Å². The zero-order valence-electron chi connectivity index (χ0n) is 14.9. The van der Waals surface area contributed by atoms with Crippen molar-refractivity contribution in [2.24, 2.45) is 0 Å². The highest BCUT2D eigenvalue weighted by Gasteiger charge is 2.20. The number of H-pyrrole nitrogens is 1. The second kappa shape index (κ2) is 8.10. The van der Waals surface area contributed by atoms with Gasteiger partial charge in [0.2, 0.25) is 0 Å². The van der Waals surface area contributed by atoms with Crippen LogP contribution in [0.5, 0.6) is 0 Å². The molecule has 0 aliphatic heterocycles. The maximum absolute atomic E-state index is 12.4. The molecule has 1 saturated carbocycles. The van der Waals surface area contributed by atoms with Crippen LogP contribution >= 0.6 is 11.8 Å². The normalized spacial score (nSPS) is 19.9. The molecule has 4 rings (SSSR count). The minimum atomic E-state index is -0.147. The lowest BCUT2D eigenvalue weighted by molar-refractivity contribution is 0.132. The number of fused-ring (bicyclic) bond motifs is 1. The molecule has 140 valence electrons. The van der Waals surface area contributed by atoms with Crippen LogP contribution in [0, 0.1) is 0 Å². The Bertz CT molecular complexity index is 969. The number of aliphatic hydroxyl groups is 1. The van der Waals surface area contributed by atoms with E-state index in [2.05, 4.69) is 20.3 Å². The molecule has 27 heavy (non-hydrogen) atoms. The van der Waals surface area contributed by atoms with Crippen LogP contribution in [-0.2, 0) is 5.75 Å². The van der Waals surface area contributed by atoms with Crippen molar-refractivity contribution in [2.45, 2.75) is 42.8 Å². The summed E-state index contributed by atoms with van der Waals surface area (Å²) in [5, 5.41) is 14.0. The highest BCUT2D eigenvalue weighted by atomic mass is 32.2. The molecule has 0 bridgehead atoms. The zero-order chi connectivity index (χ0) is 18.6. The number of hydrogen-bond acceptors (Lipinski definition) is 6. The minimum absolute atomic E-state index is 0.109. The largest absolute Gasteiger partial charge is 0.393 e. The smallest absolute Gasteiger partial charge is 0.258 e. The lowest BCUT2D eigenvalue weighted by Gasteiger charge is -2.24. The number of nitrogens with zero attached hydrogens (tertiary/aromatic N) is 2. The van der Waals surface area contributed by atoms with Gasteiger partial charge in [0.15, 0.2) is 0 Å². The number of aromatic nitrogens is 3. The Morgan fingerprint density at radius 3 is 2.81 bits per heavy atom. The van der Waals surface area contributed by atoms with Crippen molar-refractivity contribution in [3.8, 4) is 0 Å². The Kier molecular flexibility index (Phi) is 5.40. The summed E-state index contributed by atoms with van der Waals surface area (Å²) in [7, 11) is 0. The van der Waals surface area contributed by atoms with Gasteiger partial charge in [0.25, 0.3) is 5.56 Å². The van der Waals surface area contributed by atoms with Gasteiger partial charge in [-0.25, -0.2) is 4.98 Å². The van der Waals surface area contributed by atoms with Gasteiger partial charge in [-0.2, -0.15) is 11.8 Å². The third-order valence-electron chi connectivity index (χ3n) is 4.81. The molecule has 3 N–H and O–H groups in total. The quantitative estimate of drug-likeness (QED) is 0.625. The van der Waals surface area contributed by atoms with E-state index in [1.54, 1.807) is 18.5 Å². The van der Waals surface area contributed by atoms with Crippen LogP contribution in [0.15, 0.2) is 47.5 Å². The second-order valence-corrected chi connectivity index (χ2v) is 8.14. The molecule has 0 radical (unpaired) electrons. The summed E-state index contributed by atoms with van der Waals surface area (Å²) >= 11 is 1.81. The highest BCUT2D eigenvalue weighted by molar-refractivity contribution is 7.99. The van der Waals surface area contributed by atoms with Crippen LogP contribution in [0.4, 0.5) is 11.4 Å². The molecule has 1 aliphatic carbocycles. The van der Waals surface area contributed by atoms with Crippen LogP contribution in [0.1, 0.15) is 31.5 Å². The Morgan fingerprint density at radius 2 is 2.04 bits per heavy atom. The number of pyridine rings is 1. The topological polar surface area (TPSA) is 90.9 Å². The van der Waals surface area contributed by atoms with Crippen molar-refractivity contribution in [2.75, 3.05) is 5.32 Å². The predicted octanol–water partition coefficient (Wildman–Crippen LogP) is 3.60. The van der Waals surface area contributed by atoms with Crippen LogP contribution in [-0.4, -0.2) is 31.4 Å². The van der Waals surface area contributed by atoms with Crippen molar-refractivity contribution in [3.63, 3.8) is 0 Å². The summed E-state index contributed by atoms with van der Waals surface area (Å²) in [6, 6.07) is 9.35. The lowest BCUT2D eigenvalue weighted by Crippen LogP contribution is -2.20. The third-order valence-corrected chi connectivity index (χ3v) is 6.19. The van der Waals surface area contributed by atoms with Gasteiger partial charge in [0.05, 0.1) is 34.6 Å². The summed E-state index contributed by atoms with van der Waals surface area (Å²) in [6.07, 6.45) is 7.09. The maximum Gasteiger partial charge on any atom is 0.258 e. The van der Waals surface area contributed by atoms with Gasteiger partial charge >= 0.3 is 0 Å². The number of aliphatic hydroxyl groups excluding tert-OH is 1. The number of nitrogens with one attached hydrogen (secondary N) is 2. The SMILES string of the molecule is O=c1[nH]c(CS[C@H]2CC[C@@H](O)CC2)nc2cc(Nc3cccnc3)ccc12. The minimum Gasteiger partial charge on any atom is -0.393 e. The number of benzene rings is 1. The van der Waals surface area contributed by atoms with Crippen LogP contribution in [0.3, 0.4) is 0 Å². The first-order valence-corrected chi connectivity index (χ1v) is 10.2. The van der Waals surface area contributed by atoms with E-state index in [-0.39, 0.29) is 11.7 Å². The number of thioether (sulfide) groups is 1. The van der Waals surface area contributed by atoms with Gasteiger partial charge in [-0.15, -0.1) is 0 Å². The molecule has 1 fully saturated rings. The highest BCUT2D eigenvalue weighted by Crippen LogP contribution is 2.30. The molecule has 2 aromatic heterocycles. The van der Waals surface area contributed by atoms with E-state index in [1.807, 2.05) is 36.0 Å². The summed E-state index contributed by atoms with van der Waals surface area (Å²) in [6.45, 7) is 0. The van der Waals surface area contributed by atoms with Gasteiger partial charge in [-0.05, 0) is 56.0 Å².